The zero-order valence-electron chi connectivity index (χ0n) is 17.0. The predicted octanol–water partition coefficient (Wildman–Crippen LogP) is 5.77. The van der Waals surface area contributed by atoms with E-state index >= 15 is 0 Å². The highest BCUT2D eigenvalue weighted by atomic mass is 79.9. The van der Waals surface area contributed by atoms with Crippen molar-refractivity contribution in [2.45, 2.75) is 20.0 Å². The van der Waals surface area contributed by atoms with E-state index in [4.69, 9.17) is 21.1 Å². The molecule has 0 aliphatic rings. The van der Waals surface area contributed by atoms with E-state index in [1.54, 1.807) is 12.1 Å². The Hall–Kier alpha value is -2.83. The first-order valence-corrected chi connectivity index (χ1v) is 10.9. The van der Waals surface area contributed by atoms with E-state index in [1.807, 2.05) is 61.5 Å². The van der Waals surface area contributed by atoms with E-state index in [9.17, 15) is 4.79 Å². The normalized spacial score (nSPS) is 10.8. The summed E-state index contributed by atoms with van der Waals surface area (Å²) < 4.78 is 12.6. The third kappa shape index (κ3) is 7.12. The molecule has 31 heavy (non-hydrogen) atoms. The number of carbonyl (C=O) groups is 1. The molecule has 0 heterocycles. The van der Waals surface area contributed by atoms with Crippen LogP contribution in [0.25, 0.3) is 0 Å². The summed E-state index contributed by atoms with van der Waals surface area (Å²) in [6, 6.07) is 20.9. The molecular weight excluding hydrogens is 480 g/mol. The molecule has 0 aliphatic carbocycles. The predicted molar refractivity (Wildman–Crippen MR) is 127 cm³/mol. The summed E-state index contributed by atoms with van der Waals surface area (Å²) in [7, 11) is 0. The second-order valence-electron chi connectivity index (χ2n) is 6.63. The van der Waals surface area contributed by atoms with E-state index in [0.29, 0.717) is 35.3 Å². The molecule has 0 atom stereocenters. The van der Waals surface area contributed by atoms with Gasteiger partial charge in [0.2, 0.25) is 5.91 Å². The number of nitrogens with zero attached hydrogens (tertiary/aromatic N) is 1. The van der Waals surface area contributed by atoms with E-state index < -0.39 is 0 Å². The molecule has 0 radical (unpaired) electrons. The fourth-order valence-electron chi connectivity index (χ4n) is 2.80. The van der Waals surface area contributed by atoms with Crippen molar-refractivity contribution in [3.8, 4) is 11.5 Å². The number of halogens is 2. The summed E-state index contributed by atoms with van der Waals surface area (Å²) in [5.74, 6) is 0.787. The smallest absolute Gasteiger partial charge is 0.244 e. The van der Waals surface area contributed by atoms with Crippen LogP contribution < -0.4 is 14.9 Å². The maximum atomic E-state index is 12.1. The Morgan fingerprint density at radius 1 is 1.06 bits per heavy atom. The summed E-state index contributed by atoms with van der Waals surface area (Å²) in [5.41, 5.74) is 5.14. The average Bonchev–Trinajstić information content (AvgIpc) is 2.76. The molecule has 3 aromatic rings. The van der Waals surface area contributed by atoms with Gasteiger partial charge in [-0.25, -0.2) is 5.43 Å². The molecular formula is C24H22BrClN2O3. The van der Waals surface area contributed by atoms with Crippen molar-refractivity contribution in [1.29, 1.82) is 0 Å². The molecule has 0 aliphatic heterocycles. The molecule has 160 valence electrons. The molecule has 0 spiro atoms. The second kappa shape index (κ2) is 11.5. The summed E-state index contributed by atoms with van der Waals surface area (Å²) in [5, 5.41) is 4.44. The number of hydrazone groups is 1. The number of rotatable bonds is 9. The first-order valence-electron chi connectivity index (χ1n) is 9.74. The molecule has 0 saturated heterocycles. The maximum absolute atomic E-state index is 12.1. The molecule has 0 saturated carbocycles. The van der Waals surface area contributed by atoms with Gasteiger partial charge in [0.25, 0.3) is 0 Å². The highest BCUT2D eigenvalue weighted by Crippen LogP contribution is 2.37. The molecule has 1 amide bonds. The van der Waals surface area contributed by atoms with E-state index in [1.165, 1.54) is 6.21 Å². The fraction of sp³-hybridized carbons (Fsp3) is 0.167. The van der Waals surface area contributed by atoms with Gasteiger partial charge in [-0.15, -0.1) is 0 Å². The Morgan fingerprint density at radius 3 is 2.52 bits per heavy atom. The Morgan fingerprint density at radius 2 is 1.81 bits per heavy atom. The number of hydrogen-bond donors (Lipinski definition) is 1. The number of amides is 1. The lowest BCUT2D eigenvalue weighted by molar-refractivity contribution is -0.120. The number of ether oxygens (including phenoxy) is 2. The molecule has 1 N–H and O–H groups in total. The van der Waals surface area contributed by atoms with Crippen molar-refractivity contribution in [2.75, 3.05) is 6.61 Å². The minimum atomic E-state index is -0.211. The highest BCUT2D eigenvalue weighted by Gasteiger charge is 2.12. The quantitative estimate of drug-likeness (QED) is 0.299. The number of benzene rings is 3. The van der Waals surface area contributed by atoms with Gasteiger partial charge in [-0.3, -0.25) is 4.79 Å². The van der Waals surface area contributed by atoms with Gasteiger partial charge in [0.15, 0.2) is 11.5 Å². The fourth-order valence-corrected chi connectivity index (χ4v) is 3.34. The molecule has 0 fully saturated rings. The Bertz CT molecular complexity index is 1040. The maximum Gasteiger partial charge on any atom is 0.244 e. The van der Waals surface area contributed by atoms with Gasteiger partial charge in [0.05, 0.1) is 24.3 Å². The van der Waals surface area contributed by atoms with Gasteiger partial charge in [-0.05, 0) is 47.9 Å². The minimum absolute atomic E-state index is 0.211. The second-order valence-corrected chi connectivity index (χ2v) is 7.96. The van der Waals surface area contributed by atoms with Crippen molar-refractivity contribution >= 4 is 39.7 Å². The van der Waals surface area contributed by atoms with Gasteiger partial charge < -0.3 is 9.47 Å². The van der Waals surface area contributed by atoms with Gasteiger partial charge in [0, 0.05) is 4.47 Å². The van der Waals surface area contributed by atoms with Gasteiger partial charge in [0.1, 0.15) is 6.61 Å². The summed E-state index contributed by atoms with van der Waals surface area (Å²) in [6.45, 7) is 2.72. The number of carbonyl (C=O) groups excluding carboxylic acids is 1. The van der Waals surface area contributed by atoms with Crippen LogP contribution >= 0.6 is 27.5 Å². The third-order valence-corrected chi connectivity index (χ3v) is 5.05. The van der Waals surface area contributed by atoms with Crippen LogP contribution in [0.15, 0.2) is 76.3 Å². The first kappa shape index (κ1) is 22.8. The first-order chi connectivity index (χ1) is 15.0. The molecule has 0 aromatic heterocycles. The van der Waals surface area contributed by atoms with Crippen LogP contribution in [-0.2, 0) is 17.8 Å². The lowest BCUT2D eigenvalue weighted by Gasteiger charge is -2.14. The van der Waals surface area contributed by atoms with Gasteiger partial charge in [-0.1, -0.05) is 70.0 Å². The SMILES string of the molecule is CCOc1cc(/C=N/NC(=O)Cc2ccc(Br)cc2)cc(Cl)c1OCc1ccccc1. The van der Waals surface area contributed by atoms with Crippen molar-refractivity contribution in [1.82, 2.24) is 5.43 Å². The van der Waals surface area contributed by atoms with Crippen LogP contribution in [-0.4, -0.2) is 18.7 Å². The lowest BCUT2D eigenvalue weighted by atomic mass is 10.1. The average molecular weight is 502 g/mol. The Kier molecular flexibility index (Phi) is 8.50. The largest absolute Gasteiger partial charge is 0.490 e. The van der Waals surface area contributed by atoms with Crippen molar-refractivity contribution in [3.63, 3.8) is 0 Å². The summed E-state index contributed by atoms with van der Waals surface area (Å²) >= 11 is 9.81. The molecule has 0 unspecified atom stereocenters. The van der Waals surface area contributed by atoms with Crippen molar-refractivity contribution < 1.29 is 14.3 Å². The number of nitrogens with one attached hydrogen (secondary N) is 1. The monoisotopic (exact) mass is 500 g/mol. The van der Waals surface area contributed by atoms with E-state index in [2.05, 4.69) is 26.5 Å². The van der Waals surface area contributed by atoms with Crippen molar-refractivity contribution in [2.24, 2.45) is 5.10 Å². The molecule has 3 rings (SSSR count). The lowest BCUT2D eigenvalue weighted by Crippen LogP contribution is -2.19. The zero-order valence-corrected chi connectivity index (χ0v) is 19.3. The Balaban J connectivity index is 1.65. The molecule has 5 nitrogen and oxygen atoms in total. The topological polar surface area (TPSA) is 59.9 Å². The van der Waals surface area contributed by atoms with Crippen LogP contribution in [0.5, 0.6) is 11.5 Å². The molecule has 0 bridgehead atoms. The van der Waals surface area contributed by atoms with Crippen LogP contribution in [0.1, 0.15) is 23.6 Å². The van der Waals surface area contributed by atoms with Crippen LogP contribution in [0, 0.1) is 0 Å². The zero-order chi connectivity index (χ0) is 22.1. The Labute approximate surface area is 195 Å². The van der Waals surface area contributed by atoms with Gasteiger partial charge >= 0.3 is 0 Å². The third-order valence-electron chi connectivity index (χ3n) is 4.24. The number of hydrogen-bond acceptors (Lipinski definition) is 4. The van der Waals surface area contributed by atoms with Crippen LogP contribution in [0.3, 0.4) is 0 Å². The van der Waals surface area contributed by atoms with E-state index in [-0.39, 0.29) is 12.3 Å². The van der Waals surface area contributed by atoms with Gasteiger partial charge in [-0.2, -0.15) is 5.10 Å². The summed E-state index contributed by atoms with van der Waals surface area (Å²) in [6.07, 6.45) is 1.76. The molecule has 3 aromatic carbocycles. The standard InChI is InChI=1S/C24H22BrClN2O3/c1-2-30-22-13-19(12-21(26)24(22)31-16-18-6-4-3-5-7-18)15-27-28-23(29)14-17-8-10-20(25)11-9-17/h3-13,15H,2,14,16H2,1H3,(H,28,29)/b27-15+. The summed E-state index contributed by atoms with van der Waals surface area (Å²) in [4.78, 5) is 12.1. The van der Waals surface area contributed by atoms with Crippen LogP contribution in [0.4, 0.5) is 0 Å². The highest BCUT2D eigenvalue weighted by molar-refractivity contribution is 9.10. The molecule has 7 heteroatoms. The van der Waals surface area contributed by atoms with E-state index in [0.717, 1.165) is 15.6 Å². The minimum Gasteiger partial charge on any atom is -0.490 e. The van der Waals surface area contributed by atoms with Crippen LogP contribution in [0.2, 0.25) is 5.02 Å². The van der Waals surface area contributed by atoms with Crippen molar-refractivity contribution in [3.05, 3.63) is 92.9 Å².